The lowest BCUT2D eigenvalue weighted by Gasteiger charge is -2.31. The van der Waals surface area contributed by atoms with Gasteiger partial charge in [-0.15, -0.1) is 0 Å². The third kappa shape index (κ3) is 3.89. The fraction of sp³-hybridized carbons (Fsp3) is 0.647. The topological polar surface area (TPSA) is 21.3 Å². The molecule has 0 heterocycles. The molecule has 20 heavy (non-hydrogen) atoms. The molecule has 0 aromatic heterocycles. The zero-order valence-corrected chi connectivity index (χ0v) is 13.6. The van der Waals surface area contributed by atoms with Crippen molar-refractivity contribution in [1.82, 2.24) is 5.32 Å². The second-order valence-corrected chi connectivity index (χ2v) is 6.67. The molecule has 2 nitrogen and oxygen atoms in total. The van der Waals surface area contributed by atoms with Gasteiger partial charge in [-0.1, -0.05) is 25.4 Å². The maximum Gasteiger partial charge on any atom is 0.122 e. The first-order valence-corrected chi connectivity index (χ1v) is 8.00. The van der Waals surface area contributed by atoms with Crippen LogP contribution in [0.1, 0.15) is 38.7 Å². The average molecular weight is 296 g/mol. The quantitative estimate of drug-likeness (QED) is 0.722. The maximum absolute atomic E-state index is 6.15. The molecule has 0 amide bonds. The van der Waals surface area contributed by atoms with E-state index in [-0.39, 0.29) is 0 Å². The summed E-state index contributed by atoms with van der Waals surface area (Å²) in [6, 6.07) is 5.93. The standard InChI is InChI=1S/C17H26ClNO/c1-4-9-19-12-17(2,14-5-6-14)11-13-10-15(18)7-8-16(13)20-3/h7-8,10,14,19H,4-6,9,11-12H2,1-3H3. The molecule has 1 N–H and O–H groups in total. The molecule has 3 heteroatoms. The van der Waals surface area contributed by atoms with Gasteiger partial charge in [0.05, 0.1) is 7.11 Å². The fourth-order valence-electron chi connectivity index (χ4n) is 3.00. The van der Waals surface area contributed by atoms with E-state index in [0.29, 0.717) is 5.41 Å². The van der Waals surface area contributed by atoms with Crippen LogP contribution in [0.15, 0.2) is 18.2 Å². The first-order chi connectivity index (χ1) is 9.59. The fourth-order valence-corrected chi connectivity index (χ4v) is 3.20. The van der Waals surface area contributed by atoms with Crippen LogP contribution < -0.4 is 10.1 Å². The Bertz CT molecular complexity index is 445. The Kier molecular flexibility index (Phi) is 5.34. The Balaban J connectivity index is 2.13. The van der Waals surface area contributed by atoms with Gasteiger partial charge in [0.25, 0.3) is 0 Å². The zero-order chi connectivity index (χ0) is 14.6. The van der Waals surface area contributed by atoms with Crippen molar-refractivity contribution in [3.63, 3.8) is 0 Å². The van der Waals surface area contributed by atoms with Crippen molar-refractivity contribution in [2.75, 3.05) is 20.2 Å². The van der Waals surface area contributed by atoms with Gasteiger partial charge in [0, 0.05) is 11.6 Å². The van der Waals surface area contributed by atoms with E-state index in [1.54, 1.807) is 7.11 Å². The Morgan fingerprint density at radius 1 is 1.40 bits per heavy atom. The summed E-state index contributed by atoms with van der Waals surface area (Å²) in [5.74, 6) is 1.78. The van der Waals surface area contributed by atoms with Crippen molar-refractivity contribution < 1.29 is 4.74 Å². The molecule has 1 aromatic rings. The van der Waals surface area contributed by atoms with Crippen LogP contribution >= 0.6 is 11.6 Å². The van der Waals surface area contributed by atoms with Crippen molar-refractivity contribution in [1.29, 1.82) is 0 Å². The van der Waals surface area contributed by atoms with E-state index < -0.39 is 0 Å². The Morgan fingerprint density at radius 2 is 2.15 bits per heavy atom. The lowest BCUT2D eigenvalue weighted by Crippen LogP contribution is -2.36. The summed E-state index contributed by atoms with van der Waals surface area (Å²) >= 11 is 6.15. The first kappa shape index (κ1) is 15.7. The maximum atomic E-state index is 6.15. The lowest BCUT2D eigenvalue weighted by molar-refractivity contribution is 0.253. The van der Waals surface area contributed by atoms with E-state index in [2.05, 4.69) is 25.2 Å². The van der Waals surface area contributed by atoms with Gasteiger partial charge in [0.2, 0.25) is 0 Å². The second kappa shape index (κ2) is 6.82. The van der Waals surface area contributed by atoms with Gasteiger partial charge in [-0.3, -0.25) is 0 Å². The highest BCUT2D eigenvalue weighted by Gasteiger charge is 2.41. The number of methoxy groups -OCH3 is 1. The molecule has 1 saturated carbocycles. The molecule has 1 aromatic carbocycles. The molecule has 1 aliphatic carbocycles. The molecule has 1 atom stereocenters. The van der Waals surface area contributed by atoms with E-state index in [1.165, 1.54) is 24.8 Å². The lowest BCUT2D eigenvalue weighted by atomic mass is 9.78. The van der Waals surface area contributed by atoms with Crippen LogP contribution in [0.3, 0.4) is 0 Å². The molecule has 2 rings (SSSR count). The molecule has 0 saturated heterocycles. The third-order valence-corrected chi connectivity index (χ3v) is 4.59. The monoisotopic (exact) mass is 295 g/mol. The second-order valence-electron chi connectivity index (χ2n) is 6.24. The van der Waals surface area contributed by atoms with Crippen molar-refractivity contribution in [2.45, 2.75) is 39.5 Å². The Hall–Kier alpha value is -0.730. The van der Waals surface area contributed by atoms with Crippen molar-refractivity contribution in [2.24, 2.45) is 11.3 Å². The van der Waals surface area contributed by atoms with Crippen LogP contribution in [-0.4, -0.2) is 20.2 Å². The van der Waals surface area contributed by atoms with Crippen LogP contribution in [-0.2, 0) is 6.42 Å². The number of halogens is 1. The van der Waals surface area contributed by atoms with Crippen molar-refractivity contribution in [3.05, 3.63) is 28.8 Å². The van der Waals surface area contributed by atoms with Crippen LogP contribution in [0.4, 0.5) is 0 Å². The number of rotatable bonds is 8. The normalized spacial score (nSPS) is 17.8. The largest absolute Gasteiger partial charge is 0.496 e. The molecule has 0 radical (unpaired) electrons. The Labute approximate surface area is 127 Å². The summed E-state index contributed by atoms with van der Waals surface area (Å²) in [6.45, 7) is 6.77. The molecule has 1 fully saturated rings. The minimum Gasteiger partial charge on any atom is -0.496 e. The summed E-state index contributed by atoms with van der Waals surface area (Å²) < 4.78 is 5.49. The molecule has 0 bridgehead atoms. The Morgan fingerprint density at radius 3 is 2.75 bits per heavy atom. The van der Waals surface area contributed by atoms with Crippen LogP contribution in [0, 0.1) is 11.3 Å². The summed E-state index contributed by atoms with van der Waals surface area (Å²) in [5.41, 5.74) is 1.53. The van der Waals surface area contributed by atoms with E-state index in [1.807, 2.05) is 12.1 Å². The smallest absolute Gasteiger partial charge is 0.122 e. The number of nitrogens with one attached hydrogen (secondary N) is 1. The van der Waals surface area contributed by atoms with Gasteiger partial charge >= 0.3 is 0 Å². The van der Waals surface area contributed by atoms with Gasteiger partial charge in [-0.2, -0.15) is 0 Å². The highest BCUT2D eigenvalue weighted by Crippen LogP contribution is 2.48. The predicted molar refractivity (Wildman–Crippen MR) is 85.7 cm³/mol. The summed E-state index contributed by atoms with van der Waals surface area (Å²) in [6.07, 6.45) is 4.92. The van der Waals surface area contributed by atoms with E-state index >= 15 is 0 Å². The van der Waals surface area contributed by atoms with E-state index in [0.717, 1.165) is 36.2 Å². The van der Waals surface area contributed by atoms with Gasteiger partial charge in [-0.25, -0.2) is 0 Å². The summed E-state index contributed by atoms with van der Waals surface area (Å²) in [7, 11) is 1.73. The van der Waals surface area contributed by atoms with Crippen molar-refractivity contribution >= 4 is 11.6 Å². The van der Waals surface area contributed by atoms with Gasteiger partial charge in [0.1, 0.15) is 5.75 Å². The number of hydrogen-bond donors (Lipinski definition) is 1. The van der Waals surface area contributed by atoms with E-state index in [4.69, 9.17) is 16.3 Å². The van der Waals surface area contributed by atoms with Gasteiger partial charge in [-0.05, 0) is 67.3 Å². The van der Waals surface area contributed by atoms with Crippen LogP contribution in [0.25, 0.3) is 0 Å². The van der Waals surface area contributed by atoms with Gasteiger partial charge in [0.15, 0.2) is 0 Å². The van der Waals surface area contributed by atoms with Crippen LogP contribution in [0.5, 0.6) is 5.75 Å². The summed E-state index contributed by atoms with van der Waals surface area (Å²) in [5, 5.41) is 4.39. The SMILES string of the molecule is CCCNCC(C)(Cc1cc(Cl)ccc1OC)C1CC1. The molecule has 0 aliphatic heterocycles. The van der Waals surface area contributed by atoms with Gasteiger partial charge < -0.3 is 10.1 Å². The summed E-state index contributed by atoms with van der Waals surface area (Å²) in [4.78, 5) is 0. The molecular weight excluding hydrogens is 270 g/mol. The molecular formula is C17H26ClNO. The zero-order valence-electron chi connectivity index (χ0n) is 12.8. The molecule has 112 valence electrons. The minimum atomic E-state index is 0.299. The predicted octanol–water partition coefficient (Wildman–Crippen LogP) is 4.31. The number of benzene rings is 1. The third-order valence-electron chi connectivity index (χ3n) is 4.36. The molecule has 1 aliphatic rings. The molecule has 1 unspecified atom stereocenters. The van der Waals surface area contributed by atoms with Crippen molar-refractivity contribution in [3.8, 4) is 5.75 Å². The average Bonchev–Trinajstić information content (AvgIpc) is 3.24. The number of hydrogen-bond acceptors (Lipinski definition) is 2. The minimum absolute atomic E-state index is 0.299. The van der Waals surface area contributed by atoms with E-state index in [9.17, 15) is 0 Å². The highest BCUT2D eigenvalue weighted by atomic mass is 35.5. The van der Waals surface area contributed by atoms with Crippen LogP contribution in [0.2, 0.25) is 5.02 Å². The highest BCUT2D eigenvalue weighted by molar-refractivity contribution is 6.30. The first-order valence-electron chi connectivity index (χ1n) is 7.62. The number of ether oxygens (including phenoxy) is 1. The molecule has 0 spiro atoms.